The van der Waals surface area contributed by atoms with Crippen molar-refractivity contribution >= 4 is 15.7 Å². The number of nitrogens with zero attached hydrogens (tertiary/aromatic N) is 1. The molecule has 28 heavy (non-hydrogen) atoms. The highest BCUT2D eigenvalue weighted by Gasteiger charge is 2.35. The molecule has 0 radical (unpaired) electrons. The Morgan fingerprint density at radius 2 is 1.82 bits per heavy atom. The van der Waals surface area contributed by atoms with Crippen LogP contribution < -0.4 is 4.74 Å². The quantitative estimate of drug-likeness (QED) is 0.741. The van der Waals surface area contributed by atoms with E-state index in [1.165, 1.54) is 12.7 Å². The molecule has 5 nitrogen and oxygen atoms in total. The first-order valence-corrected chi connectivity index (χ1v) is 11.4. The molecule has 1 amide bonds. The topological polar surface area (TPSA) is 63.7 Å². The van der Waals surface area contributed by atoms with E-state index in [0.717, 1.165) is 5.56 Å². The summed E-state index contributed by atoms with van der Waals surface area (Å²) in [6.45, 7) is 4.64. The third-order valence-corrected chi connectivity index (χ3v) is 7.00. The maximum absolute atomic E-state index is 13.4. The number of hydrogen-bond donors (Lipinski definition) is 0. The molecule has 0 bridgehead atoms. The Balaban J connectivity index is 1.92. The summed E-state index contributed by atoms with van der Waals surface area (Å²) in [5, 5.41) is 0. The monoisotopic (exact) mass is 401 g/mol. The summed E-state index contributed by atoms with van der Waals surface area (Å²) in [6, 6.07) is 14.9. The lowest BCUT2D eigenvalue weighted by Gasteiger charge is -2.29. The summed E-state index contributed by atoms with van der Waals surface area (Å²) >= 11 is 0. The molecule has 3 rings (SSSR count). The molecular formula is C22H27NO4S. The van der Waals surface area contributed by atoms with Gasteiger partial charge in [-0.05, 0) is 35.6 Å². The van der Waals surface area contributed by atoms with Crippen LogP contribution in [0.4, 0.5) is 0 Å². The van der Waals surface area contributed by atoms with Crippen molar-refractivity contribution in [1.82, 2.24) is 4.90 Å². The predicted molar refractivity (Wildman–Crippen MR) is 110 cm³/mol. The van der Waals surface area contributed by atoms with Crippen LogP contribution >= 0.6 is 0 Å². The minimum atomic E-state index is -3.11. The van der Waals surface area contributed by atoms with Gasteiger partial charge in [-0.15, -0.1) is 0 Å². The molecule has 0 unspecified atom stereocenters. The molecule has 1 aliphatic heterocycles. The van der Waals surface area contributed by atoms with Gasteiger partial charge in [-0.2, -0.15) is 0 Å². The van der Waals surface area contributed by atoms with Gasteiger partial charge in [0, 0.05) is 12.6 Å². The van der Waals surface area contributed by atoms with Gasteiger partial charge in [-0.1, -0.05) is 50.2 Å². The summed E-state index contributed by atoms with van der Waals surface area (Å²) in [7, 11) is -1.58. The van der Waals surface area contributed by atoms with Gasteiger partial charge in [-0.25, -0.2) is 8.42 Å². The molecular weight excluding hydrogens is 374 g/mol. The molecule has 150 valence electrons. The van der Waals surface area contributed by atoms with Gasteiger partial charge >= 0.3 is 0 Å². The second-order valence-electron chi connectivity index (χ2n) is 7.59. The minimum Gasteiger partial charge on any atom is -0.496 e. The third kappa shape index (κ3) is 4.55. The highest BCUT2D eigenvalue weighted by Crippen LogP contribution is 2.26. The Morgan fingerprint density at radius 3 is 2.39 bits per heavy atom. The molecule has 1 atom stereocenters. The lowest BCUT2D eigenvalue weighted by molar-refractivity contribution is 0.0677. The first-order chi connectivity index (χ1) is 13.3. The molecule has 1 aliphatic rings. The average molecular weight is 402 g/mol. The number of para-hydroxylation sites is 1. The van der Waals surface area contributed by atoms with Crippen LogP contribution in [-0.4, -0.2) is 43.9 Å². The van der Waals surface area contributed by atoms with Gasteiger partial charge in [-0.3, -0.25) is 4.79 Å². The zero-order valence-corrected chi connectivity index (χ0v) is 17.4. The highest BCUT2D eigenvalue weighted by atomic mass is 32.2. The van der Waals surface area contributed by atoms with Crippen LogP contribution in [0, 0.1) is 0 Å². The normalized spacial score (nSPS) is 18.2. The van der Waals surface area contributed by atoms with Crippen molar-refractivity contribution in [2.24, 2.45) is 0 Å². The van der Waals surface area contributed by atoms with E-state index in [-0.39, 0.29) is 23.5 Å². The zero-order chi connectivity index (χ0) is 20.3. The van der Waals surface area contributed by atoms with Crippen LogP contribution in [0.3, 0.4) is 0 Å². The van der Waals surface area contributed by atoms with Crippen LogP contribution in [0.15, 0.2) is 48.5 Å². The van der Waals surface area contributed by atoms with E-state index < -0.39 is 9.84 Å². The first kappa shape index (κ1) is 20.4. The Hall–Kier alpha value is -2.34. The molecule has 0 N–H and O–H groups in total. The molecule has 1 saturated heterocycles. The van der Waals surface area contributed by atoms with E-state index in [4.69, 9.17) is 4.74 Å². The van der Waals surface area contributed by atoms with E-state index >= 15 is 0 Å². The lowest BCUT2D eigenvalue weighted by atomic mass is 10.0. The van der Waals surface area contributed by atoms with Crippen molar-refractivity contribution < 1.29 is 17.9 Å². The van der Waals surface area contributed by atoms with Crippen LogP contribution in [0.25, 0.3) is 0 Å². The Kier molecular flexibility index (Phi) is 6.08. The molecule has 1 fully saturated rings. The number of sulfone groups is 1. The molecule has 2 aromatic rings. The molecule has 6 heteroatoms. The fourth-order valence-electron chi connectivity index (χ4n) is 3.57. The number of ether oxygens (including phenoxy) is 1. The van der Waals surface area contributed by atoms with Crippen molar-refractivity contribution in [3.8, 4) is 5.75 Å². The summed E-state index contributed by atoms with van der Waals surface area (Å²) in [6.07, 6.45) is 0.466. The zero-order valence-electron chi connectivity index (χ0n) is 16.6. The van der Waals surface area contributed by atoms with Gasteiger partial charge in [0.1, 0.15) is 5.75 Å². The molecule has 0 aromatic heterocycles. The number of benzene rings is 2. The first-order valence-electron chi connectivity index (χ1n) is 9.54. The van der Waals surface area contributed by atoms with Crippen LogP contribution in [-0.2, 0) is 16.4 Å². The van der Waals surface area contributed by atoms with Gasteiger partial charge in [0.15, 0.2) is 9.84 Å². The molecule has 0 spiro atoms. The SMILES string of the molecule is COc1ccccc1C(=O)N(Cc1ccc(C(C)C)cc1)[C@H]1CCS(=O)(=O)C1. The van der Waals surface area contributed by atoms with E-state index in [2.05, 4.69) is 26.0 Å². The second kappa shape index (κ2) is 8.35. The standard InChI is InChI=1S/C22H27NO4S/c1-16(2)18-10-8-17(9-11-18)14-23(19-12-13-28(25,26)15-19)22(24)20-6-4-5-7-21(20)27-3/h4-11,16,19H,12-15H2,1-3H3/t19-/m0/s1. The number of carbonyl (C=O) groups is 1. The van der Waals surface area contributed by atoms with Crippen molar-refractivity contribution in [3.05, 3.63) is 65.2 Å². The predicted octanol–water partition coefficient (Wildman–Crippen LogP) is 3.65. The van der Waals surface area contributed by atoms with E-state index in [1.54, 1.807) is 23.1 Å². The summed E-state index contributed by atoms with van der Waals surface area (Å²) in [5.41, 5.74) is 2.67. The highest BCUT2D eigenvalue weighted by molar-refractivity contribution is 7.91. The minimum absolute atomic E-state index is 0.0119. The maximum Gasteiger partial charge on any atom is 0.258 e. The number of amides is 1. The average Bonchev–Trinajstić information content (AvgIpc) is 3.05. The molecule has 0 saturated carbocycles. The fraction of sp³-hybridized carbons (Fsp3) is 0.409. The van der Waals surface area contributed by atoms with Crippen LogP contribution in [0.1, 0.15) is 47.7 Å². The number of hydrogen-bond acceptors (Lipinski definition) is 4. The number of carbonyl (C=O) groups excluding carboxylic acids is 1. The van der Waals surface area contributed by atoms with Crippen molar-refractivity contribution in [1.29, 1.82) is 0 Å². The van der Waals surface area contributed by atoms with E-state index in [9.17, 15) is 13.2 Å². The molecule has 0 aliphatic carbocycles. The third-order valence-electron chi connectivity index (χ3n) is 5.25. The summed E-state index contributed by atoms with van der Waals surface area (Å²) in [5.74, 6) is 0.860. The summed E-state index contributed by atoms with van der Waals surface area (Å²) in [4.78, 5) is 15.0. The fourth-order valence-corrected chi connectivity index (χ4v) is 5.30. The molecule has 1 heterocycles. The van der Waals surface area contributed by atoms with E-state index in [0.29, 0.717) is 30.2 Å². The van der Waals surface area contributed by atoms with Gasteiger partial charge in [0.2, 0.25) is 0 Å². The van der Waals surface area contributed by atoms with Gasteiger partial charge in [0.25, 0.3) is 5.91 Å². The Labute approximate surface area is 167 Å². The molecule has 2 aromatic carbocycles. The van der Waals surface area contributed by atoms with Crippen molar-refractivity contribution in [3.63, 3.8) is 0 Å². The second-order valence-corrected chi connectivity index (χ2v) is 9.82. The van der Waals surface area contributed by atoms with Gasteiger partial charge < -0.3 is 9.64 Å². The smallest absolute Gasteiger partial charge is 0.258 e. The number of rotatable bonds is 6. The van der Waals surface area contributed by atoms with Crippen molar-refractivity contribution in [2.75, 3.05) is 18.6 Å². The Bertz CT molecular complexity index is 935. The lowest BCUT2D eigenvalue weighted by Crippen LogP contribution is -2.40. The van der Waals surface area contributed by atoms with Gasteiger partial charge in [0.05, 0.1) is 24.2 Å². The van der Waals surface area contributed by atoms with Crippen LogP contribution in [0.5, 0.6) is 5.75 Å². The van der Waals surface area contributed by atoms with E-state index in [1.807, 2.05) is 18.2 Å². The Morgan fingerprint density at radius 1 is 1.14 bits per heavy atom. The number of methoxy groups -OCH3 is 1. The maximum atomic E-state index is 13.4. The van der Waals surface area contributed by atoms with Crippen LogP contribution in [0.2, 0.25) is 0 Å². The summed E-state index contributed by atoms with van der Waals surface area (Å²) < 4.78 is 29.4. The van der Waals surface area contributed by atoms with Crippen molar-refractivity contribution in [2.45, 2.75) is 38.8 Å². The largest absolute Gasteiger partial charge is 0.496 e.